The summed E-state index contributed by atoms with van der Waals surface area (Å²) in [7, 11) is -3.52. The van der Waals surface area contributed by atoms with Gasteiger partial charge in [0.25, 0.3) is 10.0 Å². The van der Waals surface area contributed by atoms with E-state index in [9.17, 15) is 13.2 Å². The maximum atomic E-state index is 12.4. The Labute approximate surface area is 110 Å². The van der Waals surface area contributed by atoms with Crippen molar-refractivity contribution in [2.24, 2.45) is 11.7 Å². The number of piperidine rings is 1. The highest BCUT2D eigenvalue weighted by Gasteiger charge is 2.31. The van der Waals surface area contributed by atoms with Crippen LogP contribution in [0.4, 0.5) is 0 Å². The van der Waals surface area contributed by atoms with Crippen molar-refractivity contribution in [2.75, 3.05) is 19.6 Å². The predicted molar refractivity (Wildman–Crippen MR) is 70.2 cm³/mol. The summed E-state index contributed by atoms with van der Waals surface area (Å²) in [6.45, 7) is 3.17. The molecule has 1 aromatic heterocycles. The van der Waals surface area contributed by atoms with E-state index < -0.39 is 10.0 Å². The average Bonchev–Trinajstić information content (AvgIpc) is 2.69. The van der Waals surface area contributed by atoms with E-state index in [2.05, 4.69) is 4.98 Å². The Kier molecular flexibility index (Phi) is 3.90. The van der Waals surface area contributed by atoms with Gasteiger partial charge in [-0.3, -0.25) is 4.79 Å². The molecule has 6 nitrogen and oxygen atoms in total. The van der Waals surface area contributed by atoms with Gasteiger partial charge in [-0.2, -0.15) is 4.31 Å². The van der Waals surface area contributed by atoms with E-state index in [0.29, 0.717) is 31.2 Å². The van der Waals surface area contributed by atoms with Gasteiger partial charge in [0.2, 0.25) is 0 Å². The van der Waals surface area contributed by atoms with Crippen LogP contribution in [-0.2, 0) is 10.0 Å². The fourth-order valence-electron chi connectivity index (χ4n) is 2.14. The molecule has 0 spiro atoms. The highest BCUT2D eigenvalue weighted by Crippen LogP contribution is 2.25. The molecule has 0 unspecified atom stereocenters. The summed E-state index contributed by atoms with van der Waals surface area (Å²) < 4.78 is 26.3. The van der Waals surface area contributed by atoms with Gasteiger partial charge in [0.1, 0.15) is 0 Å². The van der Waals surface area contributed by atoms with Crippen LogP contribution >= 0.6 is 11.3 Å². The fraction of sp³-hybridized carbons (Fsp3) is 0.700. The van der Waals surface area contributed by atoms with Crippen molar-refractivity contribution in [3.63, 3.8) is 0 Å². The largest absolute Gasteiger partial charge is 0.330 e. The maximum absolute atomic E-state index is 12.4. The van der Waals surface area contributed by atoms with Crippen molar-refractivity contribution in [1.82, 2.24) is 9.29 Å². The molecule has 1 aliphatic heterocycles. The quantitative estimate of drug-likeness (QED) is 0.825. The van der Waals surface area contributed by atoms with Gasteiger partial charge in [0.05, 0.1) is 0 Å². The molecule has 0 atom stereocenters. The molecule has 102 valence electrons. The zero-order chi connectivity index (χ0) is 13.3. The Bertz CT molecular complexity index is 567. The molecule has 0 aromatic carbocycles. The number of nitrogens with two attached hydrogens (primary N) is 1. The van der Waals surface area contributed by atoms with Crippen molar-refractivity contribution < 1.29 is 8.42 Å². The van der Waals surface area contributed by atoms with Crippen molar-refractivity contribution >= 4 is 21.4 Å². The van der Waals surface area contributed by atoms with Crippen LogP contribution in [-0.4, -0.2) is 37.3 Å². The number of rotatable bonds is 3. The normalized spacial score (nSPS) is 19.2. The second kappa shape index (κ2) is 5.12. The van der Waals surface area contributed by atoms with E-state index in [1.54, 1.807) is 6.92 Å². The van der Waals surface area contributed by atoms with Crippen LogP contribution in [0.1, 0.15) is 18.5 Å². The molecule has 3 N–H and O–H groups in total. The van der Waals surface area contributed by atoms with E-state index in [1.165, 1.54) is 4.31 Å². The average molecular weight is 291 g/mol. The van der Waals surface area contributed by atoms with Crippen LogP contribution in [0.2, 0.25) is 0 Å². The van der Waals surface area contributed by atoms with Gasteiger partial charge in [-0.15, -0.1) is 0 Å². The first-order chi connectivity index (χ1) is 8.45. The van der Waals surface area contributed by atoms with Gasteiger partial charge in [-0.1, -0.05) is 11.3 Å². The highest BCUT2D eigenvalue weighted by atomic mass is 32.2. The first-order valence-corrected chi connectivity index (χ1v) is 8.10. The molecular formula is C10H17N3O3S2. The number of aromatic amines is 1. The van der Waals surface area contributed by atoms with E-state index in [1.807, 2.05) is 0 Å². The monoisotopic (exact) mass is 291 g/mol. The van der Waals surface area contributed by atoms with Gasteiger partial charge in [0.15, 0.2) is 4.21 Å². The number of hydrogen-bond acceptors (Lipinski definition) is 5. The van der Waals surface area contributed by atoms with Gasteiger partial charge in [-0.25, -0.2) is 8.42 Å². The second-order valence-electron chi connectivity index (χ2n) is 4.51. The Morgan fingerprint density at radius 2 is 2.06 bits per heavy atom. The smallest absolute Gasteiger partial charge is 0.305 e. The van der Waals surface area contributed by atoms with Gasteiger partial charge in [0, 0.05) is 18.8 Å². The zero-order valence-electron chi connectivity index (χ0n) is 10.2. The van der Waals surface area contributed by atoms with E-state index in [4.69, 9.17) is 5.73 Å². The van der Waals surface area contributed by atoms with Crippen molar-refractivity contribution in [1.29, 1.82) is 0 Å². The van der Waals surface area contributed by atoms with E-state index >= 15 is 0 Å². The van der Waals surface area contributed by atoms with Crippen molar-refractivity contribution in [3.8, 4) is 0 Å². The standard InChI is InChI=1S/C10H17N3O3S2/c1-7-9(17-10(14)12-7)18(15,16)13-4-2-8(6-11)3-5-13/h8H,2-6,11H2,1H3,(H,12,14). The van der Waals surface area contributed by atoms with E-state index in [-0.39, 0.29) is 9.08 Å². The minimum atomic E-state index is -3.52. The third kappa shape index (κ3) is 2.51. The lowest BCUT2D eigenvalue weighted by molar-refractivity contribution is 0.279. The lowest BCUT2D eigenvalue weighted by Gasteiger charge is -2.30. The number of hydrogen-bond donors (Lipinski definition) is 2. The van der Waals surface area contributed by atoms with Crippen LogP contribution in [0.5, 0.6) is 0 Å². The Morgan fingerprint density at radius 1 is 1.44 bits per heavy atom. The maximum Gasteiger partial charge on any atom is 0.305 e. The zero-order valence-corrected chi connectivity index (χ0v) is 11.8. The molecule has 2 rings (SSSR count). The minimum Gasteiger partial charge on any atom is -0.330 e. The highest BCUT2D eigenvalue weighted by molar-refractivity contribution is 7.91. The number of aryl methyl sites for hydroxylation is 1. The van der Waals surface area contributed by atoms with Gasteiger partial charge >= 0.3 is 4.87 Å². The van der Waals surface area contributed by atoms with Crippen molar-refractivity contribution in [3.05, 3.63) is 15.4 Å². The molecule has 2 heterocycles. The third-order valence-corrected chi connectivity index (χ3v) is 6.74. The number of thiazole rings is 1. The van der Waals surface area contributed by atoms with Crippen LogP contribution in [0.25, 0.3) is 0 Å². The Balaban J connectivity index is 2.23. The molecule has 1 saturated heterocycles. The molecule has 0 saturated carbocycles. The first-order valence-electron chi connectivity index (χ1n) is 5.85. The lowest BCUT2D eigenvalue weighted by atomic mass is 9.99. The van der Waals surface area contributed by atoms with E-state index in [0.717, 1.165) is 24.2 Å². The third-order valence-electron chi connectivity index (χ3n) is 3.26. The SMILES string of the molecule is Cc1[nH]c(=O)sc1S(=O)(=O)N1CCC(CN)CC1. The summed E-state index contributed by atoms with van der Waals surface area (Å²) in [6.07, 6.45) is 1.57. The van der Waals surface area contributed by atoms with Crippen molar-refractivity contribution in [2.45, 2.75) is 24.0 Å². The molecule has 0 amide bonds. The Morgan fingerprint density at radius 3 is 2.50 bits per heavy atom. The molecule has 18 heavy (non-hydrogen) atoms. The minimum absolute atomic E-state index is 0.138. The molecule has 0 radical (unpaired) electrons. The second-order valence-corrected chi connectivity index (χ2v) is 7.63. The first kappa shape index (κ1) is 13.7. The fourth-order valence-corrected chi connectivity index (χ4v) is 5.04. The van der Waals surface area contributed by atoms with Crippen LogP contribution in [0.3, 0.4) is 0 Å². The number of nitrogens with one attached hydrogen (secondary N) is 1. The predicted octanol–water partition coefficient (Wildman–Crippen LogP) is 0.104. The van der Waals surface area contributed by atoms with Crippen LogP contribution in [0.15, 0.2) is 9.00 Å². The summed E-state index contributed by atoms with van der Waals surface area (Å²) in [5, 5.41) is 0. The molecule has 1 aliphatic rings. The van der Waals surface area contributed by atoms with Gasteiger partial charge < -0.3 is 10.7 Å². The molecule has 1 fully saturated rings. The molecule has 0 bridgehead atoms. The number of H-pyrrole nitrogens is 1. The summed E-state index contributed by atoms with van der Waals surface area (Å²) in [6, 6.07) is 0. The molecule has 8 heteroatoms. The number of aromatic nitrogens is 1. The summed E-state index contributed by atoms with van der Waals surface area (Å²) in [5.74, 6) is 0.405. The lowest BCUT2D eigenvalue weighted by Crippen LogP contribution is -2.39. The summed E-state index contributed by atoms with van der Waals surface area (Å²) in [4.78, 5) is 13.4. The molecule has 1 aromatic rings. The summed E-state index contributed by atoms with van der Waals surface area (Å²) in [5.41, 5.74) is 6.01. The molecular weight excluding hydrogens is 274 g/mol. The number of nitrogens with zero attached hydrogens (tertiary/aromatic N) is 1. The van der Waals surface area contributed by atoms with Crippen LogP contribution < -0.4 is 10.6 Å². The summed E-state index contributed by atoms with van der Waals surface area (Å²) >= 11 is 0.756. The number of sulfonamides is 1. The molecule has 0 aliphatic carbocycles. The topological polar surface area (TPSA) is 96.3 Å². The van der Waals surface area contributed by atoms with Crippen LogP contribution in [0, 0.1) is 12.8 Å². The Hall–Kier alpha value is -0.700. The van der Waals surface area contributed by atoms with Gasteiger partial charge in [-0.05, 0) is 32.2 Å².